The van der Waals surface area contributed by atoms with E-state index in [0.717, 1.165) is 4.90 Å². The average Bonchev–Trinajstić information content (AvgIpc) is 2.56. The molecule has 1 heterocycles. The van der Waals surface area contributed by atoms with Crippen LogP contribution in [0.4, 0.5) is 15.8 Å². The molecule has 3 rings (SSSR count). The molecule has 2 aromatic rings. The predicted molar refractivity (Wildman–Crippen MR) is 93.7 cm³/mol. The zero-order valence-electron chi connectivity index (χ0n) is 13.1. The number of rotatable bonds is 4. The van der Waals surface area contributed by atoms with Crippen LogP contribution in [0.25, 0.3) is 0 Å². The van der Waals surface area contributed by atoms with Crippen molar-refractivity contribution in [2.75, 3.05) is 16.4 Å². The largest absolute Gasteiger partial charge is 0.326 e. The Morgan fingerprint density at radius 2 is 2.12 bits per heavy atom. The number of nitrogens with one attached hydrogen (secondary N) is 2. The van der Waals surface area contributed by atoms with Gasteiger partial charge in [-0.2, -0.15) is 0 Å². The summed E-state index contributed by atoms with van der Waals surface area (Å²) >= 11 is 1.47. The topological polar surface area (TPSA) is 58.2 Å². The van der Waals surface area contributed by atoms with Crippen LogP contribution in [0, 0.1) is 11.7 Å². The third-order valence-electron chi connectivity index (χ3n) is 3.81. The highest BCUT2D eigenvalue weighted by Crippen LogP contribution is 2.33. The first-order valence-electron chi connectivity index (χ1n) is 7.64. The van der Waals surface area contributed by atoms with Crippen molar-refractivity contribution in [1.82, 2.24) is 0 Å². The Bertz CT molecular complexity index is 794. The van der Waals surface area contributed by atoms with Crippen molar-refractivity contribution < 1.29 is 14.0 Å². The molecule has 0 bridgehead atoms. The molecule has 6 heteroatoms. The minimum Gasteiger partial charge on any atom is -0.326 e. The second-order valence-electron chi connectivity index (χ2n) is 5.73. The van der Waals surface area contributed by atoms with E-state index in [4.69, 9.17) is 0 Å². The van der Waals surface area contributed by atoms with Crippen LogP contribution in [0.1, 0.15) is 12.5 Å². The van der Waals surface area contributed by atoms with Crippen LogP contribution in [0.2, 0.25) is 0 Å². The first-order valence-corrected chi connectivity index (χ1v) is 8.62. The van der Waals surface area contributed by atoms with Gasteiger partial charge in [0.2, 0.25) is 11.8 Å². The number of carbonyl (C=O) groups is 2. The molecule has 0 spiro atoms. The minimum atomic E-state index is -0.373. The van der Waals surface area contributed by atoms with E-state index in [0.29, 0.717) is 29.1 Å². The van der Waals surface area contributed by atoms with E-state index in [-0.39, 0.29) is 23.5 Å². The molecule has 0 saturated heterocycles. The van der Waals surface area contributed by atoms with Gasteiger partial charge >= 0.3 is 0 Å². The van der Waals surface area contributed by atoms with Gasteiger partial charge in [0, 0.05) is 16.5 Å². The lowest BCUT2D eigenvalue weighted by Gasteiger charge is -2.18. The molecule has 0 saturated carbocycles. The maximum absolute atomic E-state index is 13.7. The van der Waals surface area contributed by atoms with Crippen LogP contribution in [-0.4, -0.2) is 17.6 Å². The van der Waals surface area contributed by atoms with Crippen LogP contribution in [0.15, 0.2) is 47.4 Å². The highest BCUT2D eigenvalue weighted by Gasteiger charge is 2.18. The lowest BCUT2D eigenvalue weighted by atomic mass is 10.00. The van der Waals surface area contributed by atoms with Crippen molar-refractivity contribution in [2.24, 2.45) is 5.92 Å². The molecule has 2 aromatic carbocycles. The molecule has 0 aromatic heterocycles. The molecule has 1 aliphatic rings. The van der Waals surface area contributed by atoms with Crippen LogP contribution < -0.4 is 10.6 Å². The van der Waals surface area contributed by atoms with Crippen molar-refractivity contribution in [2.45, 2.75) is 18.2 Å². The molecule has 0 fully saturated rings. The van der Waals surface area contributed by atoms with Gasteiger partial charge in [0.1, 0.15) is 5.82 Å². The number of thioether (sulfide) groups is 1. The van der Waals surface area contributed by atoms with Crippen molar-refractivity contribution >= 4 is 35.0 Å². The fraction of sp³-hybridized carbons (Fsp3) is 0.222. The number of amides is 2. The summed E-state index contributed by atoms with van der Waals surface area (Å²) in [6, 6.07) is 11.9. The molecular formula is C18H17FN2O2S. The summed E-state index contributed by atoms with van der Waals surface area (Å²) in [4.78, 5) is 24.8. The Morgan fingerprint density at radius 3 is 2.92 bits per heavy atom. The number of carbonyl (C=O) groups excluding carboxylic acids is 2. The Balaban J connectivity index is 1.67. The number of fused-ring (bicyclic) bond motifs is 1. The minimum absolute atomic E-state index is 0.0519. The van der Waals surface area contributed by atoms with Crippen LogP contribution in [-0.2, 0) is 16.0 Å². The summed E-state index contributed by atoms with van der Waals surface area (Å²) in [5.74, 6) is -0.511. The summed E-state index contributed by atoms with van der Waals surface area (Å²) < 4.78 is 13.7. The monoisotopic (exact) mass is 344 g/mol. The van der Waals surface area contributed by atoms with Crippen LogP contribution in [0.3, 0.4) is 0 Å². The smallest absolute Gasteiger partial charge is 0.234 e. The van der Waals surface area contributed by atoms with Gasteiger partial charge in [0.05, 0.1) is 11.4 Å². The molecule has 0 unspecified atom stereocenters. The average molecular weight is 344 g/mol. The van der Waals surface area contributed by atoms with Gasteiger partial charge < -0.3 is 10.6 Å². The normalized spacial score (nSPS) is 14.5. The van der Waals surface area contributed by atoms with E-state index in [1.807, 2.05) is 6.07 Å². The van der Waals surface area contributed by atoms with Gasteiger partial charge in [0.15, 0.2) is 0 Å². The zero-order valence-corrected chi connectivity index (χ0v) is 14.0. The van der Waals surface area contributed by atoms with E-state index < -0.39 is 0 Å². The number of hydrogen-bond acceptors (Lipinski definition) is 3. The Kier molecular flexibility index (Phi) is 4.85. The van der Waals surface area contributed by atoms with E-state index in [9.17, 15) is 14.0 Å². The van der Waals surface area contributed by atoms with Gasteiger partial charge in [-0.3, -0.25) is 9.59 Å². The summed E-state index contributed by atoms with van der Waals surface area (Å²) in [5.41, 5.74) is 1.84. The Hall–Kier alpha value is -2.34. The molecule has 1 aliphatic heterocycles. The number of hydrogen-bond donors (Lipinski definition) is 2. The molecular weight excluding hydrogens is 327 g/mol. The van der Waals surface area contributed by atoms with E-state index in [1.54, 1.807) is 37.3 Å². The number of benzene rings is 2. The second-order valence-corrected chi connectivity index (χ2v) is 6.75. The maximum atomic E-state index is 13.7. The van der Waals surface area contributed by atoms with E-state index in [2.05, 4.69) is 10.6 Å². The molecule has 2 amide bonds. The van der Waals surface area contributed by atoms with Gasteiger partial charge in [-0.25, -0.2) is 4.39 Å². The SMILES string of the molecule is C[C@H](Cc1ccccc1F)C(=O)Nc1ccc2c(c1)NC(=O)CS2. The molecule has 124 valence electrons. The van der Waals surface area contributed by atoms with Gasteiger partial charge in [-0.05, 0) is 36.2 Å². The molecule has 24 heavy (non-hydrogen) atoms. The second kappa shape index (κ2) is 7.05. The quantitative estimate of drug-likeness (QED) is 0.889. The summed E-state index contributed by atoms with van der Waals surface area (Å²) in [7, 11) is 0. The molecule has 4 nitrogen and oxygen atoms in total. The first-order chi connectivity index (χ1) is 11.5. The fourth-order valence-corrected chi connectivity index (χ4v) is 3.30. The summed E-state index contributed by atoms with van der Waals surface area (Å²) in [5, 5.41) is 5.61. The van der Waals surface area contributed by atoms with Crippen molar-refractivity contribution in [3.05, 3.63) is 53.8 Å². The van der Waals surface area contributed by atoms with Crippen LogP contribution in [0.5, 0.6) is 0 Å². The Labute approximate surface area is 143 Å². The summed E-state index contributed by atoms with van der Waals surface area (Å²) in [6.45, 7) is 1.76. The van der Waals surface area contributed by atoms with Gasteiger partial charge in [-0.15, -0.1) is 11.8 Å². The van der Waals surface area contributed by atoms with Crippen molar-refractivity contribution in [3.63, 3.8) is 0 Å². The lowest BCUT2D eigenvalue weighted by molar-refractivity contribution is -0.119. The molecule has 1 atom stereocenters. The van der Waals surface area contributed by atoms with Crippen LogP contribution >= 0.6 is 11.8 Å². The number of anilines is 2. The third kappa shape index (κ3) is 3.76. The van der Waals surface area contributed by atoms with Crippen molar-refractivity contribution in [3.8, 4) is 0 Å². The molecule has 0 radical (unpaired) electrons. The highest BCUT2D eigenvalue weighted by atomic mass is 32.2. The first kappa shape index (κ1) is 16.5. The lowest BCUT2D eigenvalue weighted by Crippen LogP contribution is -2.23. The maximum Gasteiger partial charge on any atom is 0.234 e. The molecule has 2 N–H and O–H groups in total. The Morgan fingerprint density at radius 1 is 1.33 bits per heavy atom. The number of halogens is 1. The zero-order chi connectivity index (χ0) is 17.1. The summed E-state index contributed by atoms with van der Waals surface area (Å²) in [6.07, 6.45) is 0.329. The predicted octanol–water partition coefficient (Wildman–Crippen LogP) is 3.69. The van der Waals surface area contributed by atoms with Gasteiger partial charge in [-0.1, -0.05) is 25.1 Å². The van der Waals surface area contributed by atoms with E-state index in [1.165, 1.54) is 17.8 Å². The van der Waals surface area contributed by atoms with Gasteiger partial charge in [0.25, 0.3) is 0 Å². The van der Waals surface area contributed by atoms with E-state index >= 15 is 0 Å². The highest BCUT2D eigenvalue weighted by molar-refractivity contribution is 8.00. The third-order valence-corrected chi connectivity index (χ3v) is 4.89. The fourth-order valence-electron chi connectivity index (χ4n) is 2.51. The standard InChI is InChI=1S/C18H17FN2O2S/c1-11(8-12-4-2-3-5-14(12)19)18(23)20-13-6-7-16-15(9-13)21-17(22)10-24-16/h2-7,9,11H,8,10H2,1H3,(H,20,23)(H,21,22)/t11-/m1/s1. The molecule has 0 aliphatic carbocycles. The van der Waals surface area contributed by atoms with Crippen molar-refractivity contribution in [1.29, 1.82) is 0 Å².